The lowest BCUT2D eigenvalue weighted by Crippen LogP contribution is -2.07. The molecule has 8 nitrogen and oxygen atoms in total. The Morgan fingerprint density at radius 2 is 2.06 bits per heavy atom. The van der Waals surface area contributed by atoms with Gasteiger partial charge in [0, 0.05) is 23.5 Å². The third-order valence-corrected chi connectivity index (χ3v) is 4.93. The minimum absolute atomic E-state index is 0.00565. The molecule has 4 aromatic rings. The summed E-state index contributed by atoms with van der Waals surface area (Å²) in [7, 11) is 0. The van der Waals surface area contributed by atoms with E-state index < -0.39 is 18.8 Å². The molecule has 0 aliphatic carbocycles. The number of hydrogen-bond donors (Lipinski definition) is 2. The zero-order valence-electron chi connectivity index (χ0n) is 17.8. The van der Waals surface area contributed by atoms with E-state index in [0.29, 0.717) is 22.6 Å². The number of carbonyl (C=O) groups excluding carboxylic acids is 1. The van der Waals surface area contributed by atoms with Crippen LogP contribution in [0.4, 0.5) is 30.5 Å². The third kappa shape index (κ3) is 4.56. The predicted octanol–water partition coefficient (Wildman–Crippen LogP) is 4.51. The van der Waals surface area contributed by atoms with Crippen molar-refractivity contribution in [1.82, 2.24) is 24.3 Å². The first kappa shape index (κ1) is 22.1. The Hall–Kier alpha value is -4.15. The average molecular weight is 455 g/mol. The number of benzene rings is 1. The summed E-state index contributed by atoms with van der Waals surface area (Å²) in [5.41, 5.74) is 3.01. The second-order valence-electron chi connectivity index (χ2n) is 7.34. The quantitative estimate of drug-likeness (QED) is 0.401. The van der Waals surface area contributed by atoms with Crippen LogP contribution in [0.3, 0.4) is 0 Å². The Balaban J connectivity index is 1.69. The van der Waals surface area contributed by atoms with E-state index in [2.05, 4.69) is 32.3 Å². The van der Waals surface area contributed by atoms with Gasteiger partial charge in [-0.05, 0) is 43.7 Å². The van der Waals surface area contributed by atoms with Crippen LogP contribution in [-0.2, 0) is 11.3 Å². The van der Waals surface area contributed by atoms with Gasteiger partial charge in [0.15, 0.2) is 11.6 Å². The monoisotopic (exact) mass is 455 g/mol. The van der Waals surface area contributed by atoms with Crippen LogP contribution in [0.5, 0.6) is 0 Å². The van der Waals surface area contributed by atoms with E-state index in [1.165, 1.54) is 12.3 Å². The van der Waals surface area contributed by atoms with Crippen molar-refractivity contribution in [1.29, 1.82) is 0 Å². The molecule has 0 atom stereocenters. The number of hydrogen-bond acceptors (Lipinski definition) is 5. The van der Waals surface area contributed by atoms with E-state index in [1.807, 2.05) is 6.92 Å². The zero-order valence-corrected chi connectivity index (χ0v) is 17.8. The van der Waals surface area contributed by atoms with E-state index in [-0.39, 0.29) is 17.7 Å². The van der Waals surface area contributed by atoms with Gasteiger partial charge in [0.1, 0.15) is 6.54 Å². The highest BCUT2D eigenvalue weighted by Gasteiger charge is 2.16. The van der Waals surface area contributed by atoms with E-state index in [9.17, 15) is 18.0 Å². The Morgan fingerprint density at radius 3 is 2.79 bits per heavy atom. The number of nitrogens with one attached hydrogen (secondary N) is 2. The fraction of sp³-hybridized carbons (Fsp3) is 0.182. The number of fused-ring (bicyclic) bond motifs is 1. The highest BCUT2D eigenvalue weighted by Crippen LogP contribution is 2.28. The van der Waals surface area contributed by atoms with E-state index >= 15 is 0 Å². The largest absolute Gasteiger partial charge is 0.323 e. The molecule has 0 radical (unpaired) electrons. The minimum Gasteiger partial charge on any atom is -0.323 e. The van der Waals surface area contributed by atoms with Gasteiger partial charge in [-0.15, -0.1) is 0 Å². The van der Waals surface area contributed by atoms with Crippen LogP contribution < -0.4 is 10.6 Å². The second-order valence-corrected chi connectivity index (χ2v) is 7.34. The van der Waals surface area contributed by atoms with Crippen molar-refractivity contribution >= 4 is 34.1 Å². The van der Waals surface area contributed by atoms with Crippen LogP contribution in [-0.4, -0.2) is 36.6 Å². The first-order valence-electron chi connectivity index (χ1n) is 9.92. The molecular weight excluding hydrogens is 435 g/mol. The van der Waals surface area contributed by atoms with Crippen LogP contribution >= 0.6 is 0 Å². The Labute approximate surface area is 186 Å². The Morgan fingerprint density at radius 1 is 1.27 bits per heavy atom. The van der Waals surface area contributed by atoms with Gasteiger partial charge in [-0.1, -0.05) is 6.58 Å². The topological polar surface area (TPSA) is 89.7 Å². The summed E-state index contributed by atoms with van der Waals surface area (Å²) in [4.78, 5) is 19.8. The number of halogens is 3. The summed E-state index contributed by atoms with van der Waals surface area (Å²) >= 11 is 0. The Kier molecular flexibility index (Phi) is 5.86. The molecule has 0 aliphatic heterocycles. The van der Waals surface area contributed by atoms with Crippen LogP contribution in [0.2, 0.25) is 0 Å². The fourth-order valence-electron chi connectivity index (χ4n) is 3.42. The highest BCUT2D eigenvalue weighted by atomic mass is 19.3. The van der Waals surface area contributed by atoms with E-state index in [0.717, 1.165) is 21.8 Å². The first-order valence-corrected chi connectivity index (χ1v) is 9.92. The molecule has 0 saturated heterocycles. The number of rotatable bonds is 7. The maximum absolute atomic E-state index is 14.7. The summed E-state index contributed by atoms with van der Waals surface area (Å²) in [6.07, 6.45) is 2.81. The zero-order chi connectivity index (χ0) is 23.7. The lowest BCUT2D eigenvalue weighted by Gasteiger charge is -2.09. The Bertz CT molecular complexity index is 1360. The maximum Gasteiger partial charge on any atom is 0.257 e. The molecule has 4 rings (SSSR count). The van der Waals surface area contributed by atoms with Gasteiger partial charge in [0.05, 0.1) is 23.1 Å². The summed E-state index contributed by atoms with van der Waals surface area (Å²) < 4.78 is 42.7. The van der Waals surface area contributed by atoms with Crippen LogP contribution in [0.1, 0.15) is 11.3 Å². The minimum atomic E-state index is -2.54. The summed E-state index contributed by atoms with van der Waals surface area (Å²) in [5.74, 6) is -0.894. The molecule has 0 fully saturated rings. The standard InChI is InChI=1S/C22H20F3N7O/c1-4-20(33)27-14-5-6-18-15(7-14)12(2)9-32(18)21-16(23)8-26-22(29-21)28-17-10-31(11-19(24)25)30-13(17)3/h4-10,19H,1,11H2,2-3H3,(H,27,33)(H,26,28,29). The molecule has 0 spiro atoms. The third-order valence-electron chi connectivity index (χ3n) is 4.93. The molecule has 1 aromatic carbocycles. The molecule has 0 bridgehead atoms. The van der Waals surface area contributed by atoms with Gasteiger partial charge in [-0.25, -0.2) is 18.2 Å². The molecule has 33 heavy (non-hydrogen) atoms. The molecule has 0 unspecified atom stereocenters. The summed E-state index contributed by atoms with van der Waals surface area (Å²) in [5, 5.41) is 10.4. The van der Waals surface area contributed by atoms with Gasteiger partial charge >= 0.3 is 0 Å². The number of carbonyl (C=O) groups is 1. The maximum atomic E-state index is 14.7. The van der Waals surface area contributed by atoms with Crippen LogP contribution in [0, 0.1) is 19.7 Å². The number of anilines is 3. The molecule has 0 aliphatic rings. The van der Waals surface area contributed by atoms with Gasteiger partial charge in [0.2, 0.25) is 11.9 Å². The smallest absolute Gasteiger partial charge is 0.257 e. The summed E-state index contributed by atoms with van der Waals surface area (Å²) in [6, 6.07) is 5.22. The fourth-order valence-corrected chi connectivity index (χ4v) is 3.42. The molecular formula is C22H20F3N7O. The van der Waals surface area contributed by atoms with Crippen molar-refractivity contribution in [2.45, 2.75) is 26.8 Å². The van der Waals surface area contributed by atoms with Gasteiger partial charge in [-0.3, -0.25) is 14.0 Å². The van der Waals surface area contributed by atoms with Gasteiger partial charge in [0.25, 0.3) is 6.43 Å². The van der Waals surface area contributed by atoms with Crippen molar-refractivity contribution in [3.8, 4) is 5.82 Å². The number of nitrogens with zero attached hydrogens (tertiary/aromatic N) is 5. The number of aryl methyl sites for hydroxylation is 2. The van der Waals surface area contributed by atoms with Crippen LogP contribution in [0.15, 0.2) is 49.4 Å². The predicted molar refractivity (Wildman–Crippen MR) is 119 cm³/mol. The first-order chi connectivity index (χ1) is 15.7. The SMILES string of the molecule is C=CC(=O)Nc1ccc2c(c1)c(C)cn2-c1nc(Nc2cn(CC(F)F)nc2C)ncc1F. The summed E-state index contributed by atoms with van der Waals surface area (Å²) in [6.45, 7) is 6.40. The molecule has 3 aromatic heterocycles. The molecule has 1 amide bonds. The molecule has 3 heterocycles. The number of alkyl halides is 2. The van der Waals surface area contributed by atoms with Crippen molar-refractivity contribution in [3.63, 3.8) is 0 Å². The van der Waals surface area contributed by atoms with Gasteiger partial charge < -0.3 is 10.6 Å². The molecule has 0 saturated carbocycles. The average Bonchev–Trinajstić information content (AvgIpc) is 3.27. The van der Waals surface area contributed by atoms with Crippen molar-refractivity contribution in [2.75, 3.05) is 10.6 Å². The van der Waals surface area contributed by atoms with Crippen molar-refractivity contribution < 1.29 is 18.0 Å². The van der Waals surface area contributed by atoms with Crippen molar-refractivity contribution in [2.24, 2.45) is 0 Å². The normalized spacial score (nSPS) is 11.2. The molecule has 170 valence electrons. The highest BCUT2D eigenvalue weighted by molar-refractivity contribution is 6.00. The lowest BCUT2D eigenvalue weighted by molar-refractivity contribution is -0.111. The number of amides is 1. The number of aromatic nitrogens is 5. The van der Waals surface area contributed by atoms with Crippen molar-refractivity contribution in [3.05, 3.63) is 66.5 Å². The van der Waals surface area contributed by atoms with Crippen LogP contribution in [0.25, 0.3) is 16.7 Å². The van der Waals surface area contributed by atoms with E-state index in [4.69, 9.17) is 0 Å². The molecule has 11 heteroatoms. The van der Waals surface area contributed by atoms with Gasteiger partial charge in [-0.2, -0.15) is 10.1 Å². The second kappa shape index (κ2) is 8.77. The van der Waals surface area contributed by atoms with E-state index in [1.54, 1.807) is 35.9 Å². The molecule has 2 N–H and O–H groups in total. The lowest BCUT2D eigenvalue weighted by atomic mass is 10.2.